The van der Waals surface area contributed by atoms with E-state index in [1.165, 1.54) is 12.8 Å². The third kappa shape index (κ3) is 1.87. The normalized spacial score (nSPS) is 27.6. The molecule has 1 aromatic rings. The molecule has 3 heterocycles. The van der Waals surface area contributed by atoms with Crippen LogP contribution in [0.5, 0.6) is 0 Å². The highest BCUT2D eigenvalue weighted by atomic mass is 15.2. The second kappa shape index (κ2) is 4.01. The zero-order valence-electron chi connectivity index (χ0n) is 9.82. The summed E-state index contributed by atoms with van der Waals surface area (Å²) in [5.74, 6) is 0.952. The molecule has 1 unspecified atom stereocenters. The van der Waals surface area contributed by atoms with Gasteiger partial charge in [0, 0.05) is 25.0 Å². The van der Waals surface area contributed by atoms with E-state index in [4.69, 9.17) is 5.26 Å². The lowest BCUT2D eigenvalue weighted by atomic mass is 9.87. The van der Waals surface area contributed by atoms with E-state index in [0.717, 1.165) is 32.0 Å². The Kier molecular flexibility index (Phi) is 2.49. The van der Waals surface area contributed by atoms with Crippen LogP contribution in [0.25, 0.3) is 0 Å². The van der Waals surface area contributed by atoms with Gasteiger partial charge >= 0.3 is 0 Å². The molecule has 2 aliphatic heterocycles. The van der Waals surface area contributed by atoms with Gasteiger partial charge in [0.05, 0.1) is 0 Å². The smallest absolute Gasteiger partial charge is 0.142 e. The number of aromatic nitrogens is 1. The predicted molar refractivity (Wildman–Crippen MR) is 65.7 cm³/mol. The van der Waals surface area contributed by atoms with Crippen LogP contribution in [-0.4, -0.2) is 31.2 Å². The summed E-state index contributed by atoms with van der Waals surface area (Å²) >= 11 is 0. The van der Waals surface area contributed by atoms with E-state index in [2.05, 4.69) is 21.3 Å². The summed E-state index contributed by atoms with van der Waals surface area (Å²) in [6.07, 6.45) is 2.50. The maximum Gasteiger partial charge on any atom is 0.142 e. The van der Waals surface area contributed by atoms with Crippen molar-refractivity contribution in [2.45, 2.75) is 12.8 Å². The van der Waals surface area contributed by atoms with Gasteiger partial charge in [0.2, 0.25) is 0 Å². The van der Waals surface area contributed by atoms with Crippen molar-refractivity contribution in [3.8, 4) is 6.07 Å². The minimum absolute atomic E-state index is 0.449. The van der Waals surface area contributed by atoms with Crippen LogP contribution < -0.4 is 10.2 Å². The number of hydrogen-bond acceptors (Lipinski definition) is 4. The summed E-state index contributed by atoms with van der Waals surface area (Å²) in [7, 11) is 0. The van der Waals surface area contributed by atoms with Gasteiger partial charge in [-0.2, -0.15) is 5.26 Å². The lowest BCUT2D eigenvalue weighted by Gasteiger charge is -2.23. The average molecular weight is 228 g/mol. The second-order valence-electron chi connectivity index (χ2n) is 5.09. The monoisotopic (exact) mass is 228 g/mol. The van der Waals surface area contributed by atoms with Crippen molar-refractivity contribution in [3.63, 3.8) is 0 Å². The molecule has 1 N–H and O–H groups in total. The van der Waals surface area contributed by atoms with Crippen molar-refractivity contribution in [2.24, 2.45) is 5.41 Å². The van der Waals surface area contributed by atoms with E-state index < -0.39 is 0 Å². The number of nitriles is 1. The van der Waals surface area contributed by atoms with Gasteiger partial charge in [0.25, 0.3) is 0 Å². The third-order valence-electron chi connectivity index (χ3n) is 3.94. The van der Waals surface area contributed by atoms with Crippen LogP contribution in [0.4, 0.5) is 5.82 Å². The van der Waals surface area contributed by atoms with Crippen molar-refractivity contribution >= 4 is 5.82 Å². The molecule has 0 bridgehead atoms. The lowest BCUT2D eigenvalue weighted by molar-refractivity contribution is 0.369. The SMILES string of the molecule is N#Cc1cccc(N2CCC3(CCNC3)C2)n1. The van der Waals surface area contributed by atoms with Gasteiger partial charge in [0.1, 0.15) is 17.6 Å². The molecule has 0 aliphatic carbocycles. The zero-order valence-corrected chi connectivity index (χ0v) is 9.82. The topological polar surface area (TPSA) is 52.0 Å². The van der Waals surface area contributed by atoms with Crippen LogP contribution in [-0.2, 0) is 0 Å². The minimum atomic E-state index is 0.449. The van der Waals surface area contributed by atoms with Crippen molar-refractivity contribution < 1.29 is 0 Å². The van der Waals surface area contributed by atoms with Gasteiger partial charge in [-0.05, 0) is 31.5 Å². The molecular weight excluding hydrogens is 212 g/mol. The van der Waals surface area contributed by atoms with Gasteiger partial charge in [0.15, 0.2) is 0 Å². The van der Waals surface area contributed by atoms with Crippen LogP contribution in [0, 0.1) is 16.7 Å². The largest absolute Gasteiger partial charge is 0.356 e. The average Bonchev–Trinajstić information content (AvgIpc) is 3.01. The van der Waals surface area contributed by atoms with Crippen molar-refractivity contribution in [1.82, 2.24) is 10.3 Å². The minimum Gasteiger partial charge on any atom is -0.356 e. The molecule has 3 rings (SSSR count). The quantitative estimate of drug-likeness (QED) is 0.783. The number of pyridine rings is 1. The molecule has 2 fully saturated rings. The Balaban J connectivity index is 1.80. The van der Waals surface area contributed by atoms with E-state index >= 15 is 0 Å². The summed E-state index contributed by atoms with van der Waals surface area (Å²) in [6, 6.07) is 7.78. The fraction of sp³-hybridized carbons (Fsp3) is 0.538. The standard InChI is InChI=1S/C13H16N4/c14-8-11-2-1-3-12(16-11)17-7-5-13(10-17)4-6-15-9-13/h1-3,15H,4-7,9-10H2. The Labute approximate surface area is 101 Å². The molecule has 88 valence electrons. The first-order valence-corrected chi connectivity index (χ1v) is 6.14. The van der Waals surface area contributed by atoms with E-state index in [-0.39, 0.29) is 0 Å². The van der Waals surface area contributed by atoms with Crippen molar-refractivity contribution in [2.75, 3.05) is 31.1 Å². The first kappa shape index (κ1) is 10.5. The predicted octanol–water partition coefficient (Wildman–Crippen LogP) is 1.14. The molecule has 1 aromatic heterocycles. The molecule has 2 aliphatic rings. The first-order chi connectivity index (χ1) is 8.31. The number of hydrogen-bond donors (Lipinski definition) is 1. The summed E-state index contributed by atoms with van der Waals surface area (Å²) in [5, 5.41) is 12.3. The molecule has 1 spiro atoms. The Hall–Kier alpha value is -1.60. The molecular formula is C13H16N4. The number of anilines is 1. The Morgan fingerprint density at radius 3 is 3.12 bits per heavy atom. The molecule has 4 nitrogen and oxygen atoms in total. The molecule has 2 saturated heterocycles. The molecule has 0 amide bonds. The third-order valence-corrected chi connectivity index (χ3v) is 3.94. The molecule has 1 atom stereocenters. The number of nitrogens with one attached hydrogen (secondary N) is 1. The maximum absolute atomic E-state index is 8.87. The summed E-state index contributed by atoms with van der Waals surface area (Å²) in [5.41, 5.74) is 0.956. The van der Waals surface area contributed by atoms with Gasteiger partial charge < -0.3 is 10.2 Å². The van der Waals surface area contributed by atoms with Crippen LogP contribution in [0.15, 0.2) is 18.2 Å². The Morgan fingerprint density at radius 2 is 2.35 bits per heavy atom. The first-order valence-electron chi connectivity index (χ1n) is 6.14. The van der Waals surface area contributed by atoms with Crippen molar-refractivity contribution in [3.05, 3.63) is 23.9 Å². The highest BCUT2D eigenvalue weighted by Crippen LogP contribution is 2.37. The fourth-order valence-electron chi connectivity index (χ4n) is 2.94. The van der Waals surface area contributed by atoms with E-state index in [1.54, 1.807) is 6.07 Å². The maximum atomic E-state index is 8.87. The zero-order chi connectivity index (χ0) is 11.7. The van der Waals surface area contributed by atoms with Gasteiger partial charge in [-0.15, -0.1) is 0 Å². The summed E-state index contributed by atoms with van der Waals surface area (Å²) < 4.78 is 0. The molecule has 0 aromatic carbocycles. The highest BCUT2D eigenvalue weighted by Gasteiger charge is 2.40. The lowest BCUT2D eigenvalue weighted by Crippen LogP contribution is -2.29. The summed E-state index contributed by atoms with van der Waals surface area (Å²) in [6.45, 7) is 4.40. The molecule has 0 saturated carbocycles. The van der Waals surface area contributed by atoms with E-state index in [9.17, 15) is 0 Å². The van der Waals surface area contributed by atoms with Gasteiger partial charge in [-0.25, -0.2) is 4.98 Å². The number of rotatable bonds is 1. The van der Waals surface area contributed by atoms with Crippen molar-refractivity contribution in [1.29, 1.82) is 5.26 Å². The van der Waals surface area contributed by atoms with Crippen LogP contribution in [0.2, 0.25) is 0 Å². The van der Waals surface area contributed by atoms with Crippen LogP contribution in [0.1, 0.15) is 18.5 Å². The van der Waals surface area contributed by atoms with Gasteiger partial charge in [-0.3, -0.25) is 0 Å². The molecule has 4 heteroatoms. The fourth-order valence-corrected chi connectivity index (χ4v) is 2.94. The Morgan fingerprint density at radius 1 is 1.41 bits per heavy atom. The highest BCUT2D eigenvalue weighted by molar-refractivity contribution is 5.43. The van der Waals surface area contributed by atoms with Crippen LogP contribution in [0.3, 0.4) is 0 Å². The number of nitrogens with zero attached hydrogens (tertiary/aromatic N) is 3. The van der Waals surface area contributed by atoms with Gasteiger partial charge in [-0.1, -0.05) is 6.07 Å². The molecule has 17 heavy (non-hydrogen) atoms. The van der Waals surface area contributed by atoms with E-state index in [1.807, 2.05) is 12.1 Å². The Bertz CT molecular complexity index is 457. The second-order valence-corrected chi connectivity index (χ2v) is 5.09. The molecule has 0 radical (unpaired) electrons. The van der Waals surface area contributed by atoms with E-state index in [0.29, 0.717) is 11.1 Å². The summed E-state index contributed by atoms with van der Waals surface area (Å²) in [4.78, 5) is 6.69. The van der Waals surface area contributed by atoms with Crippen LogP contribution >= 0.6 is 0 Å².